The van der Waals surface area contributed by atoms with E-state index in [9.17, 15) is 8.42 Å². The Labute approximate surface area is 107 Å². The maximum Gasteiger partial charge on any atom is 0.244 e. The first-order valence-electron chi connectivity index (χ1n) is 6.07. The van der Waals surface area contributed by atoms with E-state index in [1.807, 2.05) is 6.92 Å². The molecule has 0 aliphatic heterocycles. The highest BCUT2D eigenvalue weighted by atomic mass is 32.2. The zero-order valence-electron chi connectivity index (χ0n) is 10.3. The fourth-order valence-electron chi connectivity index (χ4n) is 1.82. The Morgan fingerprint density at radius 3 is 2.72 bits per heavy atom. The Morgan fingerprint density at radius 2 is 2.17 bits per heavy atom. The van der Waals surface area contributed by atoms with Crippen LogP contribution in [0, 0.1) is 0 Å². The van der Waals surface area contributed by atoms with Crippen molar-refractivity contribution in [3.05, 3.63) is 18.2 Å². The molecule has 0 heterocycles. The fraction of sp³-hybridized carbons (Fsp3) is 0.500. The topological polar surface area (TPSA) is 81.4 Å². The number of hydrogen-bond donors (Lipinski definition) is 2. The summed E-state index contributed by atoms with van der Waals surface area (Å²) in [6.45, 7) is 2.22. The molecule has 1 aromatic carbocycles. The Morgan fingerprint density at radius 1 is 1.44 bits per heavy atom. The van der Waals surface area contributed by atoms with Gasteiger partial charge < -0.3 is 10.5 Å². The summed E-state index contributed by atoms with van der Waals surface area (Å²) in [5.41, 5.74) is 6.06. The number of nitrogen functional groups attached to an aromatic ring is 1. The lowest BCUT2D eigenvalue weighted by Crippen LogP contribution is -2.39. The van der Waals surface area contributed by atoms with Crippen LogP contribution in [0.1, 0.15) is 26.2 Å². The van der Waals surface area contributed by atoms with Crippen molar-refractivity contribution in [1.82, 2.24) is 4.72 Å². The predicted molar refractivity (Wildman–Crippen MR) is 70.0 cm³/mol. The van der Waals surface area contributed by atoms with Gasteiger partial charge in [-0.25, -0.2) is 13.1 Å². The van der Waals surface area contributed by atoms with Crippen LogP contribution in [-0.2, 0) is 10.0 Å². The Balaban J connectivity index is 2.31. The van der Waals surface area contributed by atoms with Crippen LogP contribution in [-0.4, -0.2) is 21.1 Å². The standard InChI is InChI=1S/C12H18N2O3S/c1-2-17-11-7-6-9(13)8-12(11)18(15,16)14-10-4-3-5-10/h6-8,10,14H,2-5,13H2,1H3. The van der Waals surface area contributed by atoms with Gasteiger partial charge in [-0.1, -0.05) is 6.42 Å². The van der Waals surface area contributed by atoms with E-state index >= 15 is 0 Å². The molecule has 1 fully saturated rings. The molecule has 6 heteroatoms. The number of rotatable bonds is 5. The van der Waals surface area contributed by atoms with Crippen LogP contribution >= 0.6 is 0 Å². The molecule has 1 aliphatic carbocycles. The van der Waals surface area contributed by atoms with Crippen LogP contribution in [0.2, 0.25) is 0 Å². The summed E-state index contributed by atoms with van der Waals surface area (Å²) in [5, 5.41) is 0. The summed E-state index contributed by atoms with van der Waals surface area (Å²) in [4.78, 5) is 0.122. The first kappa shape index (κ1) is 13.2. The monoisotopic (exact) mass is 270 g/mol. The number of nitrogens with one attached hydrogen (secondary N) is 1. The average molecular weight is 270 g/mol. The van der Waals surface area contributed by atoms with Gasteiger partial charge in [-0.05, 0) is 38.0 Å². The van der Waals surface area contributed by atoms with Gasteiger partial charge in [-0.2, -0.15) is 0 Å². The van der Waals surface area contributed by atoms with Gasteiger partial charge in [0.1, 0.15) is 10.6 Å². The van der Waals surface area contributed by atoms with Crippen LogP contribution in [0.15, 0.2) is 23.1 Å². The number of hydrogen-bond acceptors (Lipinski definition) is 4. The highest BCUT2D eigenvalue weighted by Crippen LogP contribution is 2.28. The van der Waals surface area contributed by atoms with Crippen molar-refractivity contribution in [2.45, 2.75) is 37.1 Å². The van der Waals surface area contributed by atoms with Gasteiger partial charge in [-0.3, -0.25) is 0 Å². The Hall–Kier alpha value is -1.27. The molecule has 100 valence electrons. The van der Waals surface area contributed by atoms with Crippen LogP contribution in [0.4, 0.5) is 5.69 Å². The SMILES string of the molecule is CCOc1ccc(N)cc1S(=O)(=O)NC1CCC1. The lowest BCUT2D eigenvalue weighted by molar-refractivity contribution is 0.330. The molecule has 0 bridgehead atoms. The lowest BCUT2D eigenvalue weighted by atomic mass is 9.94. The van der Waals surface area contributed by atoms with Gasteiger partial charge in [-0.15, -0.1) is 0 Å². The van der Waals surface area contributed by atoms with Crippen molar-refractivity contribution in [3.8, 4) is 5.75 Å². The second kappa shape index (κ2) is 5.16. The third-order valence-corrected chi connectivity index (χ3v) is 4.53. The van der Waals surface area contributed by atoms with Crippen molar-refractivity contribution >= 4 is 15.7 Å². The first-order valence-corrected chi connectivity index (χ1v) is 7.56. The van der Waals surface area contributed by atoms with E-state index < -0.39 is 10.0 Å². The molecular formula is C12H18N2O3S. The van der Waals surface area contributed by atoms with Crippen LogP contribution in [0.5, 0.6) is 5.75 Å². The van der Waals surface area contributed by atoms with Gasteiger partial charge in [0.25, 0.3) is 0 Å². The van der Waals surface area contributed by atoms with Crippen molar-refractivity contribution in [2.75, 3.05) is 12.3 Å². The van der Waals surface area contributed by atoms with Gasteiger partial charge in [0.2, 0.25) is 10.0 Å². The molecule has 1 aromatic rings. The number of benzene rings is 1. The number of ether oxygens (including phenoxy) is 1. The van der Waals surface area contributed by atoms with Crippen molar-refractivity contribution < 1.29 is 13.2 Å². The molecule has 2 rings (SSSR count). The molecule has 0 unspecified atom stereocenters. The average Bonchev–Trinajstić information content (AvgIpc) is 2.27. The Bertz CT molecular complexity index is 524. The number of nitrogens with two attached hydrogens (primary N) is 1. The highest BCUT2D eigenvalue weighted by molar-refractivity contribution is 7.89. The summed E-state index contributed by atoms with van der Waals surface area (Å²) >= 11 is 0. The molecular weight excluding hydrogens is 252 g/mol. The predicted octanol–water partition coefficient (Wildman–Crippen LogP) is 1.50. The van der Waals surface area contributed by atoms with Crippen molar-refractivity contribution in [1.29, 1.82) is 0 Å². The van der Waals surface area contributed by atoms with Gasteiger partial charge in [0.15, 0.2) is 0 Å². The third-order valence-electron chi connectivity index (χ3n) is 2.98. The molecule has 1 saturated carbocycles. The van der Waals surface area contributed by atoms with Crippen LogP contribution < -0.4 is 15.2 Å². The molecule has 3 N–H and O–H groups in total. The molecule has 0 atom stereocenters. The van der Waals surface area contributed by atoms with Crippen LogP contribution in [0.25, 0.3) is 0 Å². The van der Waals surface area contributed by atoms with Crippen molar-refractivity contribution in [2.24, 2.45) is 0 Å². The van der Waals surface area contributed by atoms with Crippen LogP contribution in [0.3, 0.4) is 0 Å². The maximum absolute atomic E-state index is 12.2. The fourth-order valence-corrected chi connectivity index (χ4v) is 3.30. The van der Waals surface area contributed by atoms with E-state index in [0.717, 1.165) is 19.3 Å². The minimum atomic E-state index is -3.55. The minimum Gasteiger partial charge on any atom is -0.492 e. The van der Waals surface area contributed by atoms with E-state index in [4.69, 9.17) is 10.5 Å². The molecule has 18 heavy (non-hydrogen) atoms. The Kier molecular flexibility index (Phi) is 3.77. The molecule has 0 amide bonds. The third kappa shape index (κ3) is 2.76. The quantitative estimate of drug-likeness (QED) is 0.794. The smallest absolute Gasteiger partial charge is 0.244 e. The second-order valence-corrected chi connectivity index (χ2v) is 6.07. The zero-order chi connectivity index (χ0) is 13.2. The van der Waals surface area contributed by atoms with Gasteiger partial charge in [0, 0.05) is 11.7 Å². The molecule has 1 aliphatic rings. The van der Waals surface area contributed by atoms with E-state index in [2.05, 4.69) is 4.72 Å². The van der Waals surface area contributed by atoms with E-state index in [1.54, 1.807) is 12.1 Å². The molecule has 0 spiro atoms. The minimum absolute atomic E-state index is 0.0471. The summed E-state index contributed by atoms with van der Waals surface area (Å²) in [5.74, 6) is 0.346. The molecule has 0 radical (unpaired) electrons. The number of sulfonamides is 1. The summed E-state index contributed by atoms with van der Waals surface area (Å²) in [7, 11) is -3.55. The van der Waals surface area contributed by atoms with Crippen molar-refractivity contribution in [3.63, 3.8) is 0 Å². The largest absolute Gasteiger partial charge is 0.492 e. The normalized spacial score (nSPS) is 16.3. The summed E-state index contributed by atoms with van der Waals surface area (Å²) < 4.78 is 32.5. The first-order chi connectivity index (χ1) is 8.53. The van der Waals surface area contributed by atoms with E-state index in [-0.39, 0.29) is 10.9 Å². The molecule has 0 aromatic heterocycles. The van der Waals surface area contributed by atoms with Gasteiger partial charge >= 0.3 is 0 Å². The number of anilines is 1. The summed E-state index contributed by atoms with van der Waals surface area (Å²) in [6, 6.07) is 4.71. The zero-order valence-corrected chi connectivity index (χ0v) is 11.2. The second-order valence-electron chi connectivity index (χ2n) is 4.39. The van der Waals surface area contributed by atoms with E-state index in [1.165, 1.54) is 6.07 Å². The lowest BCUT2D eigenvalue weighted by Gasteiger charge is -2.26. The molecule has 5 nitrogen and oxygen atoms in total. The summed E-state index contributed by atoms with van der Waals surface area (Å²) in [6.07, 6.45) is 2.86. The highest BCUT2D eigenvalue weighted by Gasteiger charge is 2.27. The maximum atomic E-state index is 12.2. The van der Waals surface area contributed by atoms with Gasteiger partial charge in [0.05, 0.1) is 6.61 Å². The molecule has 0 saturated heterocycles. The van der Waals surface area contributed by atoms with E-state index in [0.29, 0.717) is 18.0 Å².